The van der Waals surface area contributed by atoms with Crippen LogP contribution in [-0.2, 0) is 9.59 Å². The number of aliphatic carboxylic acids is 1. The van der Waals surface area contributed by atoms with Crippen LogP contribution in [0.3, 0.4) is 0 Å². The summed E-state index contributed by atoms with van der Waals surface area (Å²) < 4.78 is 0. The van der Waals surface area contributed by atoms with Gasteiger partial charge in [-0.2, -0.15) is 0 Å². The third-order valence-electron chi connectivity index (χ3n) is 3.63. The number of amides is 1. The predicted molar refractivity (Wildman–Crippen MR) is 65.6 cm³/mol. The minimum Gasteiger partial charge on any atom is -0.481 e. The van der Waals surface area contributed by atoms with Crippen molar-refractivity contribution in [1.82, 2.24) is 4.90 Å². The second kappa shape index (κ2) is 6.62. The van der Waals surface area contributed by atoms with Gasteiger partial charge in [0.15, 0.2) is 0 Å². The van der Waals surface area contributed by atoms with Crippen molar-refractivity contribution in [2.24, 2.45) is 11.8 Å². The van der Waals surface area contributed by atoms with Crippen molar-refractivity contribution in [3.05, 3.63) is 0 Å². The smallest absolute Gasteiger partial charge is 0.303 e. The van der Waals surface area contributed by atoms with Crippen LogP contribution in [-0.4, -0.2) is 35.0 Å². The highest BCUT2D eigenvalue weighted by Crippen LogP contribution is 2.22. The van der Waals surface area contributed by atoms with Crippen LogP contribution in [0.25, 0.3) is 0 Å². The van der Waals surface area contributed by atoms with E-state index in [1.54, 1.807) is 0 Å². The molecule has 4 nitrogen and oxygen atoms in total. The molecule has 17 heavy (non-hydrogen) atoms. The van der Waals surface area contributed by atoms with Crippen LogP contribution in [0.15, 0.2) is 0 Å². The van der Waals surface area contributed by atoms with E-state index in [0.717, 1.165) is 25.9 Å². The molecule has 0 bridgehead atoms. The number of likely N-dealkylation sites (tertiary alicyclic amines) is 1. The SMILES string of the molecule is CCC(C)CC(=O)N1CCC(CCC(=O)O)C1. The first-order chi connectivity index (χ1) is 8.02. The minimum atomic E-state index is -0.741. The fraction of sp³-hybridized carbons (Fsp3) is 0.846. The molecule has 0 spiro atoms. The van der Waals surface area contributed by atoms with E-state index < -0.39 is 5.97 Å². The van der Waals surface area contributed by atoms with Crippen LogP contribution < -0.4 is 0 Å². The largest absolute Gasteiger partial charge is 0.481 e. The second-order valence-electron chi connectivity index (χ2n) is 5.14. The van der Waals surface area contributed by atoms with E-state index in [-0.39, 0.29) is 12.3 Å². The van der Waals surface area contributed by atoms with Gasteiger partial charge in [-0.25, -0.2) is 0 Å². The van der Waals surface area contributed by atoms with Gasteiger partial charge in [0.1, 0.15) is 0 Å². The molecule has 0 radical (unpaired) electrons. The van der Waals surface area contributed by atoms with E-state index in [1.165, 1.54) is 0 Å². The van der Waals surface area contributed by atoms with Gasteiger partial charge in [0.2, 0.25) is 5.91 Å². The normalized spacial score (nSPS) is 21.5. The molecule has 0 aromatic rings. The van der Waals surface area contributed by atoms with Gasteiger partial charge in [-0.3, -0.25) is 9.59 Å². The Balaban J connectivity index is 2.29. The standard InChI is InChI=1S/C13H23NO3/c1-3-10(2)8-12(15)14-7-6-11(9-14)4-5-13(16)17/h10-11H,3-9H2,1-2H3,(H,16,17). The number of hydrogen-bond donors (Lipinski definition) is 1. The molecule has 0 aromatic heterocycles. The first kappa shape index (κ1) is 14.0. The molecule has 4 heteroatoms. The molecular weight excluding hydrogens is 218 g/mol. The summed E-state index contributed by atoms with van der Waals surface area (Å²) in [6.45, 7) is 5.75. The van der Waals surface area contributed by atoms with E-state index in [9.17, 15) is 9.59 Å². The van der Waals surface area contributed by atoms with Crippen molar-refractivity contribution in [2.75, 3.05) is 13.1 Å². The highest BCUT2D eigenvalue weighted by Gasteiger charge is 2.26. The van der Waals surface area contributed by atoms with E-state index >= 15 is 0 Å². The van der Waals surface area contributed by atoms with Crippen LogP contribution >= 0.6 is 0 Å². The summed E-state index contributed by atoms with van der Waals surface area (Å²) in [5, 5.41) is 8.62. The Morgan fingerprint density at radius 3 is 2.76 bits per heavy atom. The van der Waals surface area contributed by atoms with Crippen molar-refractivity contribution < 1.29 is 14.7 Å². The Labute approximate surface area is 103 Å². The van der Waals surface area contributed by atoms with Crippen LogP contribution in [0.1, 0.15) is 46.0 Å². The average Bonchev–Trinajstić information content (AvgIpc) is 2.74. The molecule has 1 rings (SSSR count). The maximum absolute atomic E-state index is 11.9. The maximum atomic E-state index is 11.9. The second-order valence-corrected chi connectivity index (χ2v) is 5.14. The van der Waals surface area contributed by atoms with Gasteiger partial charge >= 0.3 is 5.97 Å². The zero-order chi connectivity index (χ0) is 12.8. The molecule has 2 atom stereocenters. The van der Waals surface area contributed by atoms with Gasteiger partial charge in [0.25, 0.3) is 0 Å². The van der Waals surface area contributed by atoms with Crippen LogP contribution in [0.5, 0.6) is 0 Å². The van der Waals surface area contributed by atoms with Crippen LogP contribution in [0.2, 0.25) is 0 Å². The summed E-state index contributed by atoms with van der Waals surface area (Å²) in [5.74, 6) is 0.319. The zero-order valence-electron chi connectivity index (χ0n) is 10.8. The lowest BCUT2D eigenvalue weighted by Gasteiger charge is -2.18. The molecule has 1 heterocycles. The van der Waals surface area contributed by atoms with E-state index in [1.807, 2.05) is 4.90 Å². The van der Waals surface area contributed by atoms with Crippen molar-refractivity contribution >= 4 is 11.9 Å². The lowest BCUT2D eigenvalue weighted by atomic mass is 10.0. The third kappa shape index (κ3) is 4.75. The van der Waals surface area contributed by atoms with Crippen LogP contribution in [0, 0.1) is 11.8 Å². The van der Waals surface area contributed by atoms with Crippen molar-refractivity contribution in [1.29, 1.82) is 0 Å². The van der Waals surface area contributed by atoms with E-state index in [4.69, 9.17) is 5.11 Å². The summed E-state index contributed by atoms with van der Waals surface area (Å²) in [6, 6.07) is 0. The topological polar surface area (TPSA) is 57.6 Å². The van der Waals surface area contributed by atoms with Gasteiger partial charge in [-0.15, -0.1) is 0 Å². The number of carboxylic acids is 1. The maximum Gasteiger partial charge on any atom is 0.303 e. The van der Waals surface area contributed by atoms with Gasteiger partial charge in [-0.1, -0.05) is 20.3 Å². The minimum absolute atomic E-state index is 0.220. The Kier molecular flexibility index (Phi) is 5.45. The first-order valence-corrected chi connectivity index (χ1v) is 6.52. The fourth-order valence-corrected chi connectivity index (χ4v) is 2.19. The Morgan fingerprint density at radius 1 is 1.47 bits per heavy atom. The molecule has 98 valence electrons. The van der Waals surface area contributed by atoms with Gasteiger partial charge < -0.3 is 10.0 Å². The van der Waals surface area contributed by atoms with Gasteiger partial charge in [0.05, 0.1) is 0 Å². The summed E-state index contributed by atoms with van der Waals surface area (Å²) in [6.07, 6.45) is 3.53. The molecular formula is C13H23NO3. The van der Waals surface area contributed by atoms with E-state index in [0.29, 0.717) is 24.7 Å². The summed E-state index contributed by atoms with van der Waals surface area (Å²) >= 11 is 0. The Hall–Kier alpha value is -1.06. The van der Waals surface area contributed by atoms with Crippen molar-refractivity contribution in [3.8, 4) is 0 Å². The quantitative estimate of drug-likeness (QED) is 0.775. The molecule has 1 saturated heterocycles. The Bertz CT molecular complexity index is 278. The predicted octanol–water partition coefficient (Wildman–Crippen LogP) is 2.14. The summed E-state index contributed by atoms with van der Waals surface area (Å²) in [5.41, 5.74) is 0. The molecule has 1 aliphatic heterocycles. The first-order valence-electron chi connectivity index (χ1n) is 6.52. The molecule has 2 unspecified atom stereocenters. The molecule has 1 aliphatic rings. The summed E-state index contributed by atoms with van der Waals surface area (Å²) in [7, 11) is 0. The average molecular weight is 241 g/mol. The molecule has 1 N–H and O–H groups in total. The van der Waals surface area contributed by atoms with Gasteiger partial charge in [0, 0.05) is 25.9 Å². The molecule has 0 aliphatic carbocycles. The van der Waals surface area contributed by atoms with Crippen molar-refractivity contribution in [2.45, 2.75) is 46.0 Å². The molecule has 0 saturated carbocycles. The van der Waals surface area contributed by atoms with E-state index in [2.05, 4.69) is 13.8 Å². The van der Waals surface area contributed by atoms with Gasteiger partial charge in [-0.05, 0) is 24.7 Å². The van der Waals surface area contributed by atoms with Crippen LogP contribution in [0.4, 0.5) is 0 Å². The number of rotatable bonds is 6. The number of nitrogens with zero attached hydrogens (tertiary/aromatic N) is 1. The highest BCUT2D eigenvalue weighted by molar-refractivity contribution is 5.76. The molecule has 1 amide bonds. The number of hydrogen-bond acceptors (Lipinski definition) is 2. The monoisotopic (exact) mass is 241 g/mol. The third-order valence-corrected chi connectivity index (χ3v) is 3.63. The molecule has 1 fully saturated rings. The fourth-order valence-electron chi connectivity index (χ4n) is 2.19. The number of carbonyl (C=O) groups is 2. The summed E-state index contributed by atoms with van der Waals surface area (Å²) in [4.78, 5) is 24.3. The lowest BCUT2D eigenvalue weighted by molar-refractivity contribution is -0.137. The Morgan fingerprint density at radius 2 is 2.18 bits per heavy atom. The number of carboxylic acid groups (broad SMARTS) is 1. The molecule has 0 aromatic carbocycles. The van der Waals surface area contributed by atoms with Crippen molar-refractivity contribution in [3.63, 3.8) is 0 Å². The highest BCUT2D eigenvalue weighted by atomic mass is 16.4. The number of carbonyl (C=O) groups excluding carboxylic acids is 1. The lowest BCUT2D eigenvalue weighted by Crippen LogP contribution is -2.29. The zero-order valence-corrected chi connectivity index (χ0v) is 10.8.